The number of hydrogen-bond acceptors (Lipinski definition) is 5. The molecule has 0 atom stereocenters. The minimum Gasteiger partial charge on any atom is -0.497 e. The van der Waals surface area contributed by atoms with Crippen molar-refractivity contribution in [1.29, 1.82) is 0 Å². The lowest BCUT2D eigenvalue weighted by atomic mass is 10.2. The number of nitrogens with zero attached hydrogens (tertiary/aromatic N) is 2. The first kappa shape index (κ1) is 16.7. The second kappa shape index (κ2) is 7.17. The standard InChI is InChI=1S/C19H20N4O2/c1-12-21-18-9-6-15(23-13(2)24)10-17(18)19(22-12)20-11-14-4-7-16(25-3)8-5-14/h4-10H,11H2,1-3H3,(H,23,24)(H,20,21,22). The lowest BCUT2D eigenvalue weighted by Crippen LogP contribution is -2.07. The molecule has 0 spiro atoms. The fourth-order valence-corrected chi connectivity index (χ4v) is 2.59. The van der Waals surface area contributed by atoms with Gasteiger partial charge < -0.3 is 15.4 Å². The van der Waals surface area contributed by atoms with Crippen molar-refractivity contribution < 1.29 is 9.53 Å². The predicted molar refractivity (Wildman–Crippen MR) is 98.9 cm³/mol. The molecule has 3 aromatic rings. The van der Waals surface area contributed by atoms with E-state index in [9.17, 15) is 4.79 Å². The lowest BCUT2D eigenvalue weighted by molar-refractivity contribution is -0.114. The maximum absolute atomic E-state index is 11.3. The van der Waals surface area contributed by atoms with Gasteiger partial charge in [-0.1, -0.05) is 12.1 Å². The molecular weight excluding hydrogens is 316 g/mol. The lowest BCUT2D eigenvalue weighted by Gasteiger charge is -2.11. The van der Waals surface area contributed by atoms with Crippen molar-refractivity contribution in [3.63, 3.8) is 0 Å². The number of anilines is 2. The molecule has 1 heterocycles. The molecule has 0 aliphatic rings. The molecule has 0 radical (unpaired) electrons. The van der Waals surface area contributed by atoms with Crippen LogP contribution in [-0.2, 0) is 11.3 Å². The Hall–Kier alpha value is -3.15. The predicted octanol–water partition coefficient (Wildman–Crippen LogP) is 3.52. The van der Waals surface area contributed by atoms with Crippen LogP contribution >= 0.6 is 0 Å². The highest BCUT2D eigenvalue weighted by molar-refractivity contribution is 5.95. The van der Waals surface area contributed by atoms with E-state index in [0.717, 1.165) is 33.7 Å². The van der Waals surface area contributed by atoms with Gasteiger partial charge in [0.1, 0.15) is 17.4 Å². The molecule has 0 fully saturated rings. The van der Waals surface area contributed by atoms with Gasteiger partial charge in [0.25, 0.3) is 0 Å². The first-order chi connectivity index (χ1) is 12.0. The molecule has 6 heteroatoms. The summed E-state index contributed by atoms with van der Waals surface area (Å²) in [4.78, 5) is 20.2. The maximum atomic E-state index is 11.3. The van der Waals surface area contributed by atoms with E-state index in [1.807, 2.05) is 49.4 Å². The van der Waals surface area contributed by atoms with Crippen LogP contribution in [0.1, 0.15) is 18.3 Å². The van der Waals surface area contributed by atoms with Crippen LogP contribution in [0, 0.1) is 6.92 Å². The van der Waals surface area contributed by atoms with Crippen molar-refractivity contribution >= 4 is 28.3 Å². The molecule has 2 N–H and O–H groups in total. The molecular formula is C19H20N4O2. The molecule has 2 aromatic carbocycles. The Bertz CT molecular complexity index is 907. The van der Waals surface area contributed by atoms with Crippen molar-refractivity contribution in [2.75, 3.05) is 17.7 Å². The normalized spacial score (nSPS) is 10.5. The zero-order valence-electron chi connectivity index (χ0n) is 14.5. The van der Waals surface area contributed by atoms with Gasteiger partial charge in [0.15, 0.2) is 0 Å². The monoisotopic (exact) mass is 336 g/mol. The quantitative estimate of drug-likeness (QED) is 0.745. The Morgan fingerprint density at radius 3 is 2.56 bits per heavy atom. The largest absolute Gasteiger partial charge is 0.497 e. The second-order valence-corrected chi connectivity index (χ2v) is 5.73. The number of ether oxygens (including phenoxy) is 1. The third-order valence-electron chi connectivity index (χ3n) is 3.75. The van der Waals surface area contributed by atoms with Gasteiger partial charge in [0.05, 0.1) is 12.6 Å². The zero-order valence-corrected chi connectivity index (χ0v) is 14.5. The van der Waals surface area contributed by atoms with Crippen LogP contribution in [0.3, 0.4) is 0 Å². The Morgan fingerprint density at radius 2 is 1.88 bits per heavy atom. The molecule has 1 aromatic heterocycles. The minimum absolute atomic E-state index is 0.111. The highest BCUT2D eigenvalue weighted by atomic mass is 16.5. The van der Waals surface area contributed by atoms with E-state index in [2.05, 4.69) is 20.6 Å². The Morgan fingerprint density at radius 1 is 1.12 bits per heavy atom. The van der Waals surface area contributed by atoms with E-state index in [-0.39, 0.29) is 5.91 Å². The molecule has 1 amide bonds. The molecule has 0 saturated carbocycles. The van der Waals surface area contributed by atoms with E-state index < -0.39 is 0 Å². The summed E-state index contributed by atoms with van der Waals surface area (Å²) in [5.41, 5.74) is 2.67. The van der Waals surface area contributed by atoms with Crippen LogP contribution in [0.15, 0.2) is 42.5 Å². The molecule has 0 bridgehead atoms. The first-order valence-electron chi connectivity index (χ1n) is 7.98. The number of methoxy groups -OCH3 is 1. The van der Waals surface area contributed by atoms with Crippen LogP contribution in [0.5, 0.6) is 5.75 Å². The summed E-state index contributed by atoms with van der Waals surface area (Å²) in [7, 11) is 1.65. The summed E-state index contributed by atoms with van der Waals surface area (Å²) < 4.78 is 5.17. The molecule has 3 rings (SSSR count). The van der Waals surface area contributed by atoms with E-state index in [0.29, 0.717) is 12.4 Å². The summed E-state index contributed by atoms with van der Waals surface area (Å²) in [5, 5.41) is 7.01. The Kier molecular flexibility index (Phi) is 4.79. The number of hydrogen-bond donors (Lipinski definition) is 2. The topological polar surface area (TPSA) is 76.1 Å². The van der Waals surface area contributed by atoms with Crippen molar-refractivity contribution in [2.45, 2.75) is 20.4 Å². The van der Waals surface area contributed by atoms with Crippen molar-refractivity contribution in [3.05, 3.63) is 53.9 Å². The second-order valence-electron chi connectivity index (χ2n) is 5.73. The van der Waals surface area contributed by atoms with Crippen LogP contribution in [0.2, 0.25) is 0 Å². The summed E-state index contributed by atoms with van der Waals surface area (Å²) in [6, 6.07) is 13.5. The highest BCUT2D eigenvalue weighted by Gasteiger charge is 2.08. The van der Waals surface area contributed by atoms with Crippen molar-refractivity contribution in [1.82, 2.24) is 9.97 Å². The number of carbonyl (C=O) groups is 1. The van der Waals surface area contributed by atoms with Gasteiger partial charge >= 0.3 is 0 Å². The number of amides is 1. The highest BCUT2D eigenvalue weighted by Crippen LogP contribution is 2.25. The van der Waals surface area contributed by atoms with E-state index in [1.54, 1.807) is 7.11 Å². The summed E-state index contributed by atoms with van der Waals surface area (Å²) in [5.74, 6) is 2.15. The average molecular weight is 336 g/mol. The number of nitrogens with one attached hydrogen (secondary N) is 2. The fourth-order valence-electron chi connectivity index (χ4n) is 2.59. The average Bonchev–Trinajstić information content (AvgIpc) is 2.60. The van der Waals surface area contributed by atoms with Gasteiger partial charge in [-0.25, -0.2) is 9.97 Å². The van der Waals surface area contributed by atoms with Crippen LogP contribution in [-0.4, -0.2) is 23.0 Å². The number of aromatic nitrogens is 2. The van der Waals surface area contributed by atoms with Gasteiger partial charge in [-0.3, -0.25) is 4.79 Å². The molecule has 128 valence electrons. The Balaban J connectivity index is 1.88. The van der Waals surface area contributed by atoms with E-state index in [4.69, 9.17) is 4.74 Å². The first-order valence-corrected chi connectivity index (χ1v) is 7.98. The Labute approximate surface area is 146 Å². The molecule has 25 heavy (non-hydrogen) atoms. The molecule has 0 saturated heterocycles. The minimum atomic E-state index is -0.111. The fraction of sp³-hybridized carbons (Fsp3) is 0.211. The smallest absolute Gasteiger partial charge is 0.221 e. The van der Waals surface area contributed by atoms with Crippen molar-refractivity contribution in [3.8, 4) is 5.75 Å². The van der Waals surface area contributed by atoms with Gasteiger partial charge in [0, 0.05) is 24.5 Å². The van der Waals surface area contributed by atoms with E-state index >= 15 is 0 Å². The maximum Gasteiger partial charge on any atom is 0.221 e. The van der Waals surface area contributed by atoms with Gasteiger partial charge in [-0.05, 0) is 42.8 Å². The van der Waals surface area contributed by atoms with Crippen LogP contribution in [0.4, 0.5) is 11.5 Å². The number of aryl methyl sites for hydroxylation is 1. The molecule has 0 unspecified atom stereocenters. The summed E-state index contributed by atoms with van der Waals surface area (Å²) in [6.07, 6.45) is 0. The molecule has 0 aliphatic carbocycles. The number of rotatable bonds is 5. The van der Waals surface area contributed by atoms with Crippen molar-refractivity contribution in [2.24, 2.45) is 0 Å². The molecule has 0 aliphatic heterocycles. The number of fused-ring (bicyclic) bond motifs is 1. The van der Waals surface area contributed by atoms with Gasteiger partial charge in [-0.2, -0.15) is 0 Å². The third kappa shape index (κ3) is 4.03. The third-order valence-corrected chi connectivity index (χ3v) is 3.75. The SMILES string of the molecule is COc1ccc(CNc2nc(C)nc3ccc(NC(C)=O)cc23)cc1. The molecule has 6 nitrogen and oxygen atoms in total. The van der Waals surface area contributed by atoms with Crippen LogP contribution < -0.4 is 15.4 Å². The number of benzene rings is 2. The summed E-state index contributed by atoms with van der Waals surface area (Å²) in [6.45, 7) is 3.97. The number of carbonyl (C=O) groups excluding carboxylic acids is 1. The van der Waals surface area contributed by atoms with Crippen LogP contribution in [0.25, 0.3) is 10.9 Å². The van der Waals surface area contributed by atoms with Gasteiger partial charge in [0.2, 0.25) is 5.91 Å². The zero-order chi connectivity index (χ0) is 17.8. The summed E-state index contributed by atoms with van der Waals surface area (Å²) >= 11 is 0. The van der Waals surface area contributed by atoms with Gasteiger partial charge in [-0.15, -0.1) is 0 Å². The van der Waals surface area contributed by atoms with E-state index in [1.165, 1.54) is 6.92 Å².